The van der Waals surface area contributed by atoms with Crippen molar-refractivity contribution in [2.75, 3.05) is 19.5 Å². The van der Waals surface area contributed by atoms with E-state index >= 15 is 0 Å². The number of hydrogen-bond acceptors (Lipinski definition) is 4. The van der Waals surface area contributed by atoms with Gasteiger partial charge in [0.25, 0.3) is 0 Å². The number of rotatable bonds is 7. The van der Waals surface area contributed by atoms with Crippen molar-refractivity contribution in [3.63, 3.8) is 0 Å². The largest absolute Gasteiger partial charge is 0.496 e. The molecule has 0 bridgehead atoms. The zero-order valence-electron chi connectivity index (χ0n) is 12.2. The first kappa shape index (κ1) is 14.2. The molecule has 0 saturated carbocycles. The van der Waals surface area contributed by atoms with Crippen LogP contribution in [0.5, 0.6) is 11.5 Å². The summed E-state index contributed by atoms with van der Waals surface area (Å²) in [6.07, 6.45) is 3.05. The molecule has 0 atom stereocenters. The Labute approximate surface area is 119 Å². The molecule has 2 rings (SSSR count). The van der Waals surface area contributed by atoms with Crippen molar-refractivity contribution in [1.29, 1.82) is 0 Å². The summed E-state index contributed by atoms with van der Waals surface area (Å²) in [7, 11) is 3.32. The number of anilines is 1. The molecule has 0 aliphatic heterocycles. The van der Waals surface area contributed by atoms with Crippen LogP contribution in [0.3, 0.4) is 0 Å². The molecule has 0 spiro atoms. The molecule has 0 aliphatic carbocycles. The second kappa shape index (κ2) is 6.84. The van der Waals surface area contributed by atoms with E-state index in [-0.39, 0.29) is 0 Å². The van der Waals surface area contributed by atoms with E-state index in [2.05, 4.69) is 17.3 Å². The number of ether oxygens (including phenoxy) is 2. The first-order chi connectivity index (χ1) is 9.78. The van der Waals surface area contributed by atoms with Crippen LogP contribution in [0.25, 0.3) is 0 Å². The van der Waals surface area contributed by atoms with E-state index < -0.39 is 0 Å². The number of nitrogens with one attached hydrogen (secondary N) is 1. The van der Waals surface area contributed by atoms with E-state index in [1.165, 1.54) is 0 Å². The molecule has 0 aliphatic rings. The Morgan fingerprint density at radius 2 is 1.85 bits per heavy atom. The first-order valence-corrected chi connectivity index (χ1v) is 6.75. The maximum absolute atomic E-state index is 5.37. The molecule has 0 radical (unpaired) electrons. The van der Waals surface area contributed by atoms with Crippen LogP contribution in [0.2, 0.25) is 0 Å². The fourth-order valence-corrected chi connectivity index (χ4v) is 2.09. The van der Waals surface area contributed by atoms with Crippen LogP contribution in [-0.2, 0) is 13.1 Å². The van der Waals surface area contributed by atoms with Gasteiger partial charge in [-0.3, -0.25) is 4.68 Å². The second-order valence-corrected chi connectivity index (χ2v) is 4.46. The second-order valence-electron chi connectivity index (χ2n) is 4.46. The van der Waals surface area contributed by atoms with Crippen LogP contribution in [-0.4, -0.2) is 24.0 Å². The van der Waals surface area contributed by atoms with Crippen molar-refractivity contribution in [1.82, 2.24) is 9.78 Å². The molecule has 0 unspecified atom stereocenters. The van der Waals surface area contributed by atoms with Gasteiger partial charge in [-0.2, -0.15) is 5.10 Å². The third-order valence-electron chi connectivity index (χ3n) is 3.07. The summed E-state index contributed by atoms with van der Waals surface area (Å²) in [6, 6.07) is 7.74. The van der Waals surface area contributed by atoms with E-state index in [0.29, 0.717) is 6.54 Å². The summed E-state index contributed by atoms with van der Waals surface area (Å²) in [5, 5.41) is 7.75. The molecule has 5 heteroatoms. The smallest absolute Gasteiger partial charge is 0.148 e. The highest BCUT2D eigenvalue weighted by molar-refractivity contribution is 5.47. The summed E-state index contributed by atoms with van der Waals surface area (Å²) in [4.78, 5) is 0. The predicted octanol–water partition coefficient (Wildman–Crippen LogP) is 2.92. The maximum Gasteiger partial charge on any atom is 0.148 e. The molecule has 0 amide bonds. The standard InChI is InChI=1S/C15H21N3O2/c1-4-9-18-10-8-15(17-18)16-11-12-13(19-2)6-5-7-14(12)20-3/h5-8,10H,4,9,11H2,1-3H3,(H,16,17). The highest BCUT2D eigenvalue weighted by atomic mass is 16.5. The SMILES string of the molecule is CCCn1ccc(NCc2c(OC)cccc2OC)n1. The lowest BCUT2D eigenvalue weighted by atomic mass is 10.1. The average molecular weight is 275 g/mol. The monoisotopic (exact) mass is 275 g/mol. The Balaban J connectivity index is 2.09. The van der Waals surface area contributed by atoms with Gasteiger partial charge in [0, 0.05) is 25.4 Å². The fraction of sp³-hybridized carbons (Fsp3) is 0.400. The molecule has 0 saturated heterocycles. The molecular weight excluding hydrogens is 254 g/mol. The minimum atomic E-state index is 0.607. The Morgan fingerprint density at radius 1 is 1.15 bits per heavy atom. The van der Waals surface area contributed by atoms with E-state index in [0.717, 1.165) is 35.8 Å². The lowest BCUT2D eigenvalue weighted by Crippen LogP contribution is -2.05. The summed E-state index contributed by atoms with van der Waals surface area (Å²) in [5.41, 5.74) is 0.988. The zero-order chi connectivity index (χ0) is 14.4. The minimum absolute atomic E-state index is 0.607. The first-order valence-electron chi connectivity index (χ1n) is 6.75. The molecule has 5 nitrogen and oxygen atoms in total. The van der Waals surface area contributed by atoms with Crippen molar-refractivity contribution in [2.45, 2.75) is 26.4 Å². The molecular formula is C15H21N3O2. The maximum atomic E-state index is 5.37. The number of benzene rings is 1. The number of aromatic nitrogens is 2. The molecule has 1 heterocycles. The van der Waals surface area contributed by atoms with Crippen LogP contribution in [0.1, 0.15) is 18.9 Å². The van der Waals surface area contributed by atoms with Gasteiger partial charge in [-0.05, 0) is 18.6 Å². The Bertz CT molecular complexity index is 530. The van der Waals surface area contributed by atoms with Gasteiger partial charge >= 0.3 is 0 Å². The Kier molecular flexibility index (Phi) is 4.87. The van der Waals surface area contributed by atoms with E-state index in [4.69, 9.17) is 9.47 Å². The molecule has 1 aromatic carbocycles. The van der Waals surface area contributed by atoms with E-state index in [9.17, 15) is 0 Å². The minimum Gasteiger partial charge on any atom is -0.496 e. The quantitative estimate of drug-likeness (QED) is 0.844. The van der Waals surface area contributed by atoms with E-state index in [1.807, 2.05) is 35.1 Å². The van der Waals surface area contributed by atoms with Gasteiger partial charge in [0.2, 0.25) is 0 Å². The van der Waals surface area contributed by atoms with Crippen LogP contribution in [0, 0.1) is 0 Å². The normalized spacial score (nSPS) is 10.3. The van der Waals surface area contributed by atoms with Gasteiger partial charge in [0.15, 0.2) is 0 Å². The van der Waals surface area contributed by atoms with Crippen molar-refractivity contribution in [3.05, 3.63) is 36.0 Å². The summed E-state index contributed by atoms with van der Waals surface area (Å²) < 4.78 is 12.7. The molecule has 1 N–H and O–H groups in total. The topological polar surface area (TPSA) is 48.3 Å². The van der Waals surface area contributed by atoms with Crippen LogP contribution in [0.4, 0.5) is 5.82 Å². The molecule has 20 heavy (non-hydrogen) atoms. The van der Waals surface area contributed by atoms with Gasteiger partial charge in [-0.1, -0.05) is 13.0 Å². The number of methoxy groups -OCH3 is 2. The highest BCUT2D eigenvalue weighted by Crippen LogP contribution is 2.28. The predicted molar refractivity (Wildman–Crippen MR) is 79.4 cm³/mol. The van der Waals surface area contributed by atoms with Gasteiger partial charge in [0.05, 0.1) is 19.8 Å². The third kappa shape index (κ3) is 3.23. The zero-order valence-corrected chi connectivity index (χ0v) is 12.2. The van der Waals surface area contributed by atoms with Crippen molar-refractivity contribution < 1.29 is 9.47 Å². The Morgan fingerprint density at radius 3 is 2.45 bits per heavy atom. The average Bonchev–Trinajstić information content (AvgIpc) is 2.92. The van der Waals surface area contributed by atoms with Crippen LogP contribution in [0.15, 0.2) is 30.5 Å². The van der Waals surface area contributed by atoms with Crippen molar-refractivity contribution in [2.24, 2.45) is 0 Å². The van der Waals surface area contributed by atoms with Gasteiger partial charge < -0.3 is 14.8 Å². The molecule has 2 aromatic rings. The summed E-state index contributed by atoms with van der Waals surface area (Å²) >= 11 is 0. The molecule has 108 valence electrons. The van der Waals surface area contributed by atoms with Crippen LogP contribution >= 0.6 is 0 Å². The lowest BCUT2D eigenvalue weighted by molar-refractivity contribution is 0.386. The highest BCUT2D eigenvalue weighted by Gasteiger charge is 2.10. The summed E-state index contributed by atoms with van der Waals surface area (Å²) in [5.74, 6) is 2.47. The number of aryl methyl sites for hydroxylation is 1. The lowest BCUT2D eigenvalue weighted by Gasteiger charge is -2.13. The van der Waals surface area contributed by atoms with Gasteiger partial charge in [-0.25, -0.2) is 0 Å². The van der Waals surface area contributed by atoms with Crippen molar-refractivity contribution >= 4 is 5.82 Å². The molecule has 1 aromatic heterocycles. The van der Waals surface area contributed by atoms with E-state index in [1.54, 1.807) is 14.2 Å². The van der Waals surface area contributed by atoms with Gasteiger partial charge in [-0.15, -0.1) is 0 Å². The molecule has 0 fully saturated rings. The summed E-state index contributed by atoms with van der Waals surface area (Å²) in [6.45, 7) is 3.67. The Hall–Kier alpha value is -2.17. The van der Waals surface area contributed by atoms with Crippen LogP contribution < -0.4 is 14.8 Å². The number of nitrogens with zero attached hydrogens (tertiary/aromatic N) is 2. The number of hydrogen-bond donors (Lipinski definition) is 1. The van der Waals surface area contributed by atoms with Gasteiger partial charge in [0.1, 0.15) is 17.3 Å². The fourth-order valence-electron chi connectivity index (χ4n) is 2.09. The van der Waals surface area contributed by atoms with Crippen molar-refractivity contribution in [3.8, 4) is 11.5 Å². The third-order valence-corrected chi connectivity index (χ3v) is 3.07.